The van der Waals surface area contributed by atoms with Gasteiger partial charge in [0, 0.05) is 19.5 Å². The molecule has 0 aromatic carbocycles. The van der Waals surface area contributed by atoms with E-state index in [1.807, 2.05) is 0 Å². The molecule has 1 rings (SSSR count). The van der Waals surface area contributed by atoms with Gasteiger partial charge in [0.2, 0.25) is 0 Å². The van der Waals surface area contributed by atoms with Gasteiger partial charge in [-0.25, -0.2) is 9.78 Å². The topological polar surface area (TPSA) is 70.4 Å². The van der Waals surface area contributed by atoms with Crippen LogP contribution in [0.25, 0.3) is 0 Å². The number of hydrogen-bond acceptors (Lipinski definition) is 5. The third-order valence-corrected chi connectivity index (χ3v) is 1.56. The first-order valence-corrected chi connectivity index (χ1v) is 3.83. The summed E-state index contributed by atoms with van der Waals surface area (Å²) in [6.45, 7) is 0.165. The van der Waals surface area contributed by atoms with E-state index >= 15 is 0 Å². The molecule has 0 N–H and O–H groups in total. The zero-order valence-corrected chi connectivity index (χ0v) is 7.89. The maximum atomic E-state index is 11.3. The summed E-state index contributed by atoms with van der Waals surface area (Å²) in [6.07, 6.45) is 2.95. The van der Waals surface area contributed by atoms with E-state index in [9.17, 15) is 9.59 Å². The Labute approximate surface area is 80.4 Å². The fourth-order valence-corrected chi connectivity index (χ4v) is 0.945. The zero-order chi connectivity index (χ0) is 10.6. The van der Waals surface area contributed by atoms with Crippen molar-refractivity contribution >= 4 is 11.8 Å². The average molecular weight is 198 g/mol. The molecule has 1 heterocycles. The van der Waals surface area contributed by atoms with E-state index in [2.05, 4.69) is 9.72 Å². The number of Topliss-reactive ketones (excluding diaryl/α,β-unsaturated/α-hetero) is 1. The predicted octanol–water partition coefficient (Wildman–Crippen LogP) is -0.157. The zero-order valence-electron chi connectivity index (χ0n) is 7.89. The lowest BCUT2D eigenvalue weighted by atomic mass is 10.4. The highest BCUT2D eigenvalue weighted by molar-refractivity contribution is 6.39. The van der Waals surface area contributed by atoms with Crippen LogP contribution in [0.5, 0.6) is 0 Å². The maximum absolute atomic E-state index is 11.3. The maximum Gasteiger partial charge on any atom is 0.382 e. The van der Waals surface area contributed by atoms with Gasteiger partial charge in [-0.3, -0.25) is 4.79 Å². The summed E-state index contributed by atoms with van der Waals surface area (Å²) in [6, 6.07) is 0. The number of ketones is 1. The van der Waals surface area contributed by atoms with Gasteiger partial charge in [-0.15, -0.1) is 0 Å². The Bertz CT molecular complexity index is 345. The predicted molar refractivity (Wildman–Crippen MR) is 45.6 cm³/mol. The number of ether oxygens (including phenoxy) is 2. The molecule has 0 atom stereocenters. The molecule has 6 heteroatoms. The molecule has 0 spiro atoms. The number of carbonyl (C=O) groups excluding carboxylic acids is 2. The molecular formula is C8H10N2O4. The minimum absolute atomic E-state index is 0.0127. The molecule has 0 aliphatic carbocycles. The van der Waals surface area contributed by atoms with Crippen LogP contribution >= 0.6 is 0 Å². The number of hydrogen-bond donors (Lipinski definition) is 0. The molecule has 0 saturated carbocycles. The molecule has 0 aliphatic rings. The van der Waals surface area contributed by atoms with E-state index in [0.29, 0.717) is 0 Å². The molecular weight excluding hydrogens is 188 g/mol. The second-order valence-corrected chi connectivity index (χ2v) is 2.46. The summed E-state index contributed by atoms with van der Waals surface area (Å²) in [7, 11) is 2.62. The van der Waals surface area contributed by atoms with E-state index in [4.69, 9.17) is 4.74 Å². The van der Waals surface area contributed by atoms with E-state index in [0.717, 1.165) is 7.11 Å². The third kappa shape index (κ3) is 1.97. The summed E-state index contributed by atoms with van der Waals surface area (Å²) in [4.78, 5) is 26.0. The van der Waals surface area contributed by atoms with Crippen LogP contribution in [-0.2, 0) is 21.0 Å². The fourth-order valence-electron chi connectivity index (χ4n) is 0.945. The average Bonchev–Trinajstić information content (AvgIpc) is 2.64. The van der Waals surface area contributed by atoms with Crippen molar-refractivity contribution in [3.8, 4) is 0 Å². The molecule has 0 saturated heterocycles. The summed E-state index contributed by atoms with van der Waals surface area (Å²) in [5, 5.41) is 0. The van der Waals surface area contributed by atoms with Crippen molar-refractivity contribution in [1.29, 1.82) is 0 Å². The Morgan fingerprint density at radius 3 is 2.79 bits per heavy atom. The summed E-state index contributed by atoms with van der Waals surface area (Å²) in [5.41, 5.74) is 0. The number of imidazole rings is 1. The van der Waals surface area contributed by atoms with Gasteiger partial charge in [-0.05, 0) is 0 Å². The molecule has 14 heavy (non-hydrogen) atoms. The van der Waals surface area contributed by atoms with Gasteiger partial charge in [-0.2, -0.15) is 0 Å². The highest BCUT2D eigenvalue weighted by atomic mass is 16.5. The minimum atomic E-state index is -0.937. The van der Waals surface area contributed by atoms with Crippen LogP contribution < -0.4 is 0 Å². The number of esters is 1. The van der Waals surface area contributed by atoms with Gasteiger partial charge in [-0.1, -0.05) is 0 Å². The molecule has 0 aliphatic heterocycles. The van der Waals surface area contributed by atoms with E-state index in [1.165, 1.54) is 17.9 Å². The van der Waals surface area contributed by atoms with Gasteiger partial charge in [0.05, 0.1) is 7.11 Å². The first kappa shape index (κ1) is 10.4. The fraction of sp³-hybridized carbons (Fsp3) is 0.375. The summed E-state index contributed by atoms with van der Waals surface area (Å²) in [5.74, 6) is -1.71. The second-order valence-electron chi connectivity index (χ2n) is 2.46. The number of methoxy groups -OCH3 is 2. The van der Waals surface area contributed by atoms with Crippen molar-refractivity contribution in [2.45, 2.75) is 6.73 Å². The van der Waals surface area contributed by atoms with Crippen LogP contribution in [-0.4, -0.2) is 35.5 Å². The van der Waals surface area contributed by atoms with Gasteiger partial charge >= 0.3 is 11.8 Å². The van der Waals surface area contributed by atoms with Gasteiger partial charge in [0.15, 0.2) is 5.82 Å². The molecule has 0 amide bonds. The van der Waals surface area contributed by atoms with Crippen LogP contribution in [0.15, 0.2) is 12.4 Å². The lowest BCUT2D eigenvalue weighted by Gasteiger charge is -2.03. The molecule has 0 bridgehead atoms. The first-order valence-electron chi connectivity index (χ1n) is 3.83. The monoisotopic (exact) mass is 198 g/mol. The molecule has 0 radical (unpaired) electrons. The first-order chi connectivity index (χ1) is 6.70. The highest BCUT2D eigenvalue weighted by Gasteiger charge is 2.21. The van der Waals surface area contributed by atoms with Crippen molar-refractivity contribution in [1.82, 2.24) is 9.55 Å². The van der Waals surface area contributed by atoms with Gasteiger partial charge in [0.25, 0.3) is 0 Å². The number of nitrogens with zero attached hydrogens (tertiary/aromatic N) is 2. The molecule has 1 aromatic rings. The van der Waals surface area contributed by atoms with Crippen LogP contribution in [0.4, 0.5) is 0 Å². The molecule has 6 nitrogen and oxygen atoms in total. The van der Waals surface area contributed by atoms with E-state index < -0.39 is 11.8 Å². The largest absolute Gasteiger partial charge is 0.463 e. The van der Waals surface area contributed by atoms with E-state index in [1.54, 1.807) is 6.20 Å². The van der Waals surface area contributed by atoms with Crippen molar-refractivity contribution in [3.05, 3.63) is 18.2 Å². The smallest absolute Gasteiger partial charge is 0.382 e. The normalized spacial score (nSPS) is 9.86. The minimum Gasteiger partial charge on any atom is -0.463 e. The third-order valence-electron chi connectivity index (χ3n) is 1.56. The van der Waals surface area contributed by atoms with Crippen molar-refractivity contribution < 1.29 is 19.1 Å². The number of carbonyl (C=O) groups is 2. The van der Waals surface area contributed by atoms with Crippen LogP contribution in [0, 0.1) is 0 Å². The second kappa shape index (κ2) is 4.52. The van der Waals surface area contributed by atoms with Gasteiger partial charge < -0.3 is 14.0 Å². The SMILES string of the molecule is COCn1ccnc1C(=O)C(=O)OC. The van der Waals surface area contributed by atoms with Crippen LogP contribution in [0.1, 0.15) is 10.6 Å². The number of aromatic nitrogens is 2. The molecule has 76 valence electrons. The Balaban J connectivity index is 2.89. The van der Waals surface area contributed by atoms with E-state index in [-0.39, 0.29) is 12.6 Å². The Kier molecular flexibility index (Phi) is 3.35. The van der Waals surface area contributed by atoms with Crippen LogP contribution in [0.2, 0.25) is 0 Å². The molecule has 0 fully saturated rings. The van der Waals surface area contributed by atoms with Crippen molar-refractivity contribution in [3.63, 3.8) is 0 Å². The van der Waals surface area contributed by atoms with Crippen LogP contribution in [0.3, 0.4) is 0 Å². The molecule has 0 unspecified atom stereocenters. The highest BCUT2D eigenvalue weighted by Crippen LogP contribution is 2.00. The summed E-state index contributed by atoms with van der Waals surface area (Å²) >= 11 is 0. The van der Waals surface area contributed by atoms with Gasteiger partial charge in [0.1, 0.15) is 6.73 Å². The lowest BCUT2D eigenvalue weighted by Crippen LogP contribution is -2.20. The summed E-state index contributed by atoms with van der Waals surface area (Å²) < 4.78 is 10.5. The standard InChI is InChI=1S/C8H10N2O4/c1-13-5-10-4-3-9-7(10)6(11)8(12)14-2/h3-4H,5H2,1-2H3. The Hall–Kier alpha value is -1.69. The lowest BCUT2D eigenvalue weighted by molar-refractivity contribution is -0.135. The van der Waals surface area contributed by atoms with Crippen molar-refractivity contribution in [2.75, 3.05) is 14.2 Å². The Morgan fingerprint density at radius 1 is 1.50 bits per heavy atom. The Morgan fingerprint density at radius 2 is 2.21 bits per heavy atom. The quantitative estimate of drug-likeness (QED) is 0.382. The van der Waals surface area contributed by atoms with Crippen molar-refractivity contribution in [2.24, 2.45) is 0 Å². The molecule has 1 aromatic heterocycles. The number of rotatable bonds is 4.